The van der Waals surface area contributed by atoms with Crippen LogP contribution >= 0.6 is 0 Å². The number of aromatic nitrogens is 1. The SMILES string of the molecule is CN1CCc2ccc(-c3cc(C(=O)O)on3)cc21. The van der Waals surface area contributed by atoms with E-state index in [1.165, 1.54) is 17.3 Å². The lowest BCUT2D eigenvalue weighted by molar-refractivity contribution is 0.0652. The maximum absolute atomic E-state index is 10.7. The molecule has 0 spiro atoms. The fourth-order valence-corrected chi connectivity index (χ4v) is 2.21. The Bertz CT molecular complexity index is 618. The van der Waals surface area contributed by atoms with E-state index in [1.54, 1.807) is 0 Å². The first-order valence-electron chi connectivity index (χ1n) is 5.69. The van der Waals surface area contributed by atoms with Crippen molar-refractivity contribution in [3.05, 3.63) is 35.6 Å². The molecule has 0 amide bonds. The van der Waals surface area contributed by atoms with E-state index in [1.807, 2.05) is 19.2 Å². The van der Waals surface area contributed by atoms with E-state index in [2.05, 4.69) is 16.1 Å². The third-order valence-electron chi connectivity index (χ3n) is 3.23. The molecule has 2 heterocycles. The zero-order chi connectivity index (χ0) is 12.7. The molecule has 2 aromatic rings. The number of likely N-dealkylation sites (N-methyl/N-ethyl adjacent to an activating group) is 1. The molecule has 1 aromatic heterocycles. The van der Waals surface area contributed by atoms with Crippen LogP contribution < -0.4 is 4.90 Å². The van der Waals surface area contributed by atoms with Crippen molar-refractivity contribution in [2.45, 2.75) is 6.42 Å². The molecule has 0 aliphatic carbocycles. The van der Waals surface area contributed by atoms with Crippen LogP contribution in [0.4, 0.5) is 5.69 Å². The lowest BCUT2D eigenvalue weighted by atomic mass is 10.1. The zero-order valence-corrected chi connectivity index (χ0v) is 9.88. The minimum absolute atomic E-state index is 0.140. The van der Waals surface area contributed by atoms with Gasteiger partial charge in [-0.25, -0.2) is 4.79 Å². The number of hydrogen-bond donors (Lipinski definition) is 1. The molecule has 92 valence electrons. The van der Waals surface area contributed by atoms with Gasteiger partial charge in [0.1, 0.15) is 5.69 Å². The summed E-state index contributed by atoms with van der Waals surface area (Å²) in [5.74, 6) is -1.24. The minimum Gasteiger partial charge on any atom is -0.475 e. The van der Waals surface area contributed by atoms with Gasteiger partial charge in [-0.05, 0) is 18.1 Å². The van der Waals surface area contributed by atoms with Crippen molar-refractivity contribution in [2.24, 2.45) is 0 Å². The van der Waals surface area contributed by atoms with E-state index in [0.717, 1.165) is 18.5 Å². The molecular formula is C13H12N2O3. The first kappa shape index (κ1) is 10.8. The Labute approximate surface area is 104 Å². The van der Waals surface area contributed by atoms with Gasteiger partial charge in [-0.1, -0.05) is 17.3 Å². The molecule has 1 aliphatic rings. The van der Waals surface area contributed by atoms with E-state index in [0.29, 0.717) is 5.69 Å². The van der Waals surface area contributed by atoms with E-state index in [4.69, 9.17) is 9.63 Å². The molecule has 0 atom stereocenters. The van der Waals surface area contributed by atoms with Crippen molar-refractivity contribution in [1.29, 1.82) is 0 Å². The summed E-state index contributed by atoms with van der Waals surface area (Å²) in [7, 11) is 2.04. The molecule has 0 saturated carbocycles. The van der Waals surface area contributed by atoms with E-state index >= 15 is 0 Å². The Morgan fingerprint density at radius 3 is 3.00 bits per heavy atom. The fourth-order valence-electron chi connectivity index (χ4n) is 2.21. The van der Waals surface area contributed by atoms with Crippen LogP contribution in [0.1, 0.15) is 16.1 Å². The number of carbonyl (C=O) groups is 1. The number of anilines is 1. The first-order chi connectivity index (χ1) is 8.65. The minimum atomic E-state index is -1.10. The highest BCUT2D eigenvalue weighted by Gasteiger charge is 2.18. The van der Waals surface area contributed by atoms with Crippen molar-refractivity contribution in [3.63, 3.8) is 0 Å². The number of fused-ring (bicyclic) bond motifs is 1. The summed E-state index contributed by atoms with van der Waals surface area (Å²) in [6.07, 6.45) is 1.05. The Morgan fingerprint density at radius 2 is 2.28 bits per heavy atom. The predicted molar refractivity (Wildman–Crippen MR) is 65.9 cm³/mol. The molecule has 5 nitrogen and oxygen atoms in total. The van der Waals surface area contributed by atoms with Crippen molar-refractivity contribution in [3.8, 4) is 11.3 Å². The molecular weight excluding hydrogens is 232 g/mol. The van der Waals surface area contributed by atoms with Crippen LogP contribution in [0, 0.1) is 0 Å². The average molecular weight is 244 g/mol. The number of rotatable bonds is 2. The molecule has 0 radical (unpaired) electrons. The number of carboxylic acids is 1. The number of nitrogens with zero attached hydrogens (tertiary/aromatic N) is 2. The average Bonchev–Trinajstić information content (AvgIpc) is 2.96. The highest BCUT2D eigenvalue weighted by molar-refractivity contribution is 5.86. The van der Waals surface area contributed by atoms with Crippen LogP contribution in [-0.2, 0) is 6.42 Å². The molecule has 0 fully saturated rings. The molecule has 5 heteroatoms. The van der Waals surface area contributed by atoms with Gasteiger partial charge in [0.15, 0.2) is 0 Å². The van der Waals surface area contributed by atoms with Crippen LogP contribution in [0.3, 0.4) is 0 Å². The molecule has 1 aliphatic heterocycles. The fraction of sp³-hybridized carbons (Fsp3) is 0.231. The molecule has 0 bridgehead atoms. The highest BCUT2D eigenvalue weighted by Crippen LogP contribution is 2.31. The van der Waals surface area contributed by atoms with Gasteiger partial charge < -0.3 is 14.5 Å². The van der Waals surface area contributed by atoms with Gasteiger partial charge in [-0.3, -0.25) is 0 Å². The summed E-state index contributed by atoms with van der Waals surface area (Å²) >= 11 is 0. The summed E-state index contributed by atoms with van der Waals surface area (Å²) in [5.41, 5.74) is 3.91. The van der Waals surface area contributed by atoms with E-state index in [-0.39, 0.29) is 5.76 Å². The maximum atomic E-state index is 10.7. The van der Waals surface area contributed by atoms with Crippen LogP contribution in [-0.4, -0.2) is 29.8 Å². The number of benzene rings is 1. The van der Waals surface area contributed by atoms with Gasteiger partial charge in [0.25, 0.3) is 0 Å². The van der Waals surface area contributed by atoms with Gasteiger partial charge in [-0.2, -0.15) is 0 Å². The number of hydrogen-bond acceptors (Lipinski definition) is 4. The Morgan fingerprint density at radius 1 is 1.44 bits per heavy atom. The lowest BCUT2D eigenvalue weighted by Crippen LogP contribution is -2.12. The lowest BCUT2D eigenvalue weighted by Gasteiger charge is -2.12. The summed E-state index contributed by atoms with van der Waals surface area (Å²) in [4.78, 5) is 12.9. The second kappa shape index (κ2) is 3.87. The topological polar surface area (TPSA) is 66.6 Å². The molecule has 1 N–H and O–H groups in total. The quantitative estimate of drug-likeness (QED) is 0.875. The van der Waals surface area contributed by atoms with Gasteiger partial charge in [0.05, 0.1) is 0 Å². The van der Waals surface area contributed by atoms with Gasteiger partial charge in [-0.15, -0.1) is 0 Å². The maximum Gasteiger partial charge on any atom is 0.374 e. The smallest absolute Gasteiger partial charge is 0.374 e. The van der Waals surface area contributed by atoms with Crippen molar-refractivity contribution in [2.75, 3.05) is 18.5 Å². The largest absolute Gasteiger partial charge is 0.475 e. The molecule has 18 heavy (non-hydrogen) atoms. The summed E-state index contributed by atoms with van der Waals surface area (Å²) in [6.45, 7) is 1.01. The zero-order valence-electron chi connectivity index (χ0n) is 9.88. The van der Waals surface area contributed by atoms with Gasteiger partial charge in [0, 0.05) is 30.9 Å². The molecule has 0 saturated heterocycles. The van der Waals surface area contributed by atoms with E-state index < -0.39 is 5.97 Å². The number of carboxylic acid groups (broad SMARTS) is 1. The molecule has 0 unspecified atom stereocenters. The van der Waals surface area contributed by atoms with Crippen molar-refractivity contribution >= 4 is 11.7 Å². The summed E-state index contributed by atoms with van der Waals surface area (Å²) in [5, 5.41) is 12.6. The third-order valence-corrected chi connectivity index (χ3v) is 3.23. The normalized spacial score (nSPS) is 13.7. The van der Waals surface area contributed by atoms with Crippen molar-refractivity contribution in [1.82, 2.24) is 5.16 Å². The van der Waals surface area contributed by atoms with Gasteiger partial charge >= 0.3 is 5.97 Å². The molecule has 1 aromatic carbocycles. The van der Waals surface area contributed by atoms with E-state index in [9.17, 15) is 4.79 Å². The number of aromatic carboxylic acids is 1. The second-order valence-electron chi connectivity index (χ2n) is 4.40. The Balaban J connectivity index is 2.01. The summed E-state index contributed by atoms with van der Waals surface area (Å²) < 4.78 is 4.76. The van der Waals surface area contributed by atoms with Crippen molar-refractivity contribution < 1.29 is 14.4 Å². The Hall–Kier alpha value is -2.30. The van der Waals surface area contributed by atoms with Crippen LogP contribution in [0.5, 0.6) is 0 Å². The van der Waals surface area contributed by atoms with Crippen LogP contribution in [0.15, 0.2) is 28.8 Å². The predicted octanol–water partition coefficient (Wildman–Crippen LogP) is 2.03. The molecule has 3 rings (SSSR count). The van der Waals surface area contributed by atoms with Crippen LogP contribution in [0.25, 0.3) is 11.3 Å². The van der Waals surface area contributed by atoms with Crippen LogP contribution in [0.2, 0.25) is 0 Å². The second-order valence-corrected chi connectivity index (χ2v) is 4.40. The first-order valence-corrected chi connectivity index (χ1v) is 5.69. The Kier molecular flexibility index (Phi) is 2.33. The monoisotopic (exact) mass is 244 g/mol. The standard InChI is InChI=1S/C13H12N2O3/c1-15-5-4-8-2-3-9(6-11(8)15)10-7-12(13(16)17)18-14-10/h2-3,6-7H,4-5H2,1H3,(H,16,17). The van der Waals surface area contributed by atoms with Gasteiger partial charge in [0.2, 0.25) is 5.76 Å². The highest BCUT2D eigenvalue weighted by atomic mass is 16.5. The summed E-state index contributed by atoms with van der Waals surface area (Å²) in [6, 6.07) is 7.47. The third kappa shape index (κ3) is 1.64.